The Bertz CT molecular complexity index is 893. The van der Waals surface area contributed by atoms with Crippen LogP contribution in [0.1, 0.15) is 53.6 Å². The summed E-state index contributed by atoms with van der Waals surface area (Å²) >= 11 is 0. The Hall–Kier alpha value is -2.29. The first-order valence-corrected chi connectivity index (χ1v) is 11.6. The van der Waals surface area contributed by atoms with E-state index in [2.05, 4.69) is 39.9 Å². The number of halogens is 1. The molecule has 0 bridgehead atoms. The van der Waals surface area contributed by atoms with E-state index in [1.165, 1.54) is 37.7 Å². The summed E-state index contributed by atoms with van der Waals surface area (Å²) in [5, 5.41) is 6.70. The summed E-state index contributed by atoms with van der Waals surface area (Å²) in [6.45, 7) is 1.42. The molecule has 7 heteroatoms. The number of hydrogen-bond donors (Lipinski definition) is 2. The van der Waals surface area contributed by atoms with E-state index in [-0.39, 0.29) is 29.9 Å². The molecule has 0 aromatic heterocycles. The highest BCUT2D eigenvalue weighted by atomic mass is 127. The fourth-order valence-electron chi connectivity index (χ4n) is 3.91. The molecule has 0 aliphatic heterocycles. The van der Waals surface area contributed by atoms with E-state index in [1.807, 2.05) is 24.3 Å². The number of hydrogen-bond acceptors (Lipinski definition) is 3. The molecule has 33 heavy (non-hydrogen) atoms. The molecule has 2 aromatic carbocycles. The van der Waals surface area contributed by atoms with Crippen LogP contribution in [0.5, 0.6) is 5.75 Å². The second-order valence-electron chi connectivity index (χ2n) is 8.52. The van der Waals surface area contributed by atoms with Gasteiger partial charge < -0.3 is 20.3 Å². The molecule has 180 valence electrons. The molecule has 0 spiro atoms. The van der Waals surface area contributed by atoms with Gasteiger partial charge in [-0.1, -0.05) is 30.7 Å². The quantitative estimate of drug-likeness (QED) is 0.279. The zero-order chi connectivity index (χ0) is 22.8. The second kappa shape index (κ2) is 14.1. The largest absolute Gasteiger partial charge is 0.490 e. The Kier molecular flexibility index (Phi) is 11.5. The van der Waals surface area contributed by atoms with E-state index in [9.17, 15) is 4.79 Å². The molecule has 2 N–H and O–H groups in total. The van der Waals surface area contributed by atoms with Crippen LogP contribution in [0.2, 0.25) is 0 Å². The second-order valence-corrected chi connectivity index (χ2v) is 8.52. The van der Waals surface area contributed by atoms with Gasteiger partial charge >= 0.3 is 0 Å². The number of carbonyl (C=O) groups is 1. The smallest absolute Gasteiger partial charge is 0.253 e. The molecule has 3 rings (SSSR count). The van der Waals surface area contributed by atoms with Gasteiger partial charge in [0, 0.05) is 39.8 Å². The maximum atomic E-state index is 12.1. The average molecular weight is 565 g/mol. The van der Waals surface area contributed by atoms with Crippen LogP contribution in [0.4, 0.5) is 0 Å². The van der Waals surface area contributed by atoms with Gasteiger partial charge in [-0.25, -0.2) is 0 Å². The van der Waals surface area contributed by atoms with Crippen molar-refractivity contribution in [2.75, 3.05) is 27.7 Å². The Morgan fingerprint density at radius 2 is 1.76 bits per heavy atom. The monoisotopic (exact) mass is 564 g/mol. The molecular weight excluding hydrogens is 527 g/mol. The van der Waals surface area contributed by atoms with Crippen molar-refractivity contribution < 1.29 is 9.53 Å². The van der Waals surface area contributed by atoms with Gasteiger partial charge in [-0.05, 0) is 67.5 Å². The highest BCUT2D eigenvalue weighted by Gasteiger charge is 2.14. The van der Waals surface area contributed by atoms with Crippen molar-refractivity contribution in [1.82, 2.24) is 15.5 Å². The fourth-order valence-corrected chi connectivity index (χ4v) is 3.91. The Labute approximate surface area is 215 Å². The van der Waals surface area contributed by atoms with E-state index in [1.54, 1.807) is 26.0 Å². The topological polar surface area (TPSA) is 66.0 Å². The molecule has 0 radical (unpaired) electrons. The lowest BCUT2D eigenvalue weighted by Gasteiger charge is -2.23. The maximum Gasteiger partial charge on any atom is 0.253 e. The highest BCUT2D eigenvalue weighted by Crippen LogP contribution is 2.23. The van der Waals surface area contributed by atoms with Gasteiger partial charge in [0.25, 0.3) is 5.91 Å². The van der Waals surface area contributed by atoms with Crippen molar-refractivity contribution in [1.29, 1.82) is 0 Å². The van der Waals surface area contributed by atoms with Crippen molar-refractivity contribution in [3.8, 4) is 5.75 Å². The number of ether oxygens (including phenoxy) is 1. The normalized spacial score (nSPS) is 14.2. The molecule has 1 saturated carbocycles. The first-order chi connectivity index (χ1) is 15.5. The van der Waals surface area contributed by atoms with Gasteiger partial charge in [-0.15, -0.1) is 24.0 Å². The zero-order valence-electron chi connectivity index (χ0n) is 20.0. The number of benzene rings is 2. The predicted octanol–water partition coefficient (Wildman–Crippen LogP) is 4.63. The molecule has 0 saturated heterocycles. The SMILES string of the molecule is CN=C(NCCc1cccc(C(=O)N(C)C)c1)NCc1ccc(OC2CCCCC2)cc1.I. The lowest BCUT2D eigenvalue weighted by molar-refractivity contribution is 0.0827. The summed E-state index contributed by atoms with van der Waals surface area (Å²) in [5.41, 5.74) is 3.01. The van der Waals surface area contributed by atoms with Crippen LogP contribution in [0, 0.1) is 0 Å². The summed E-state index contributed by atoms with van der Waals surface area (Å²) in [5.74, 6) is 1.73. The molecule has 0 atom stereocenters. The van der Waals surface area contributed by atoms with Crippen molar-refractivity contribution in [3.05, 3.63) is 65.2 Å². The standard InChI is InChI=1S/C26H36N4O2.HI/c1-27-26(28-17-16-20-8-7-9-22(18-20)25(31)30(2)3)29-19-21-12-14-24(15-13-21)32-23-10-5-4-6-11-23;/h7-9,12-15,18,23H,4-6,10-11,16-17,19H2,1-3H3,(H2,27,28,29);1H. The van der Waals surface area contributed by atoms with Crippen LogP contribution in [0.25, 0.3) is 0 Å². The Balaban J connectivity index is 0.00000385. The van der Waals surface area contributed by atoms with Gasteiger partial charge in [-0.3, -0.25) is 9.79 Å². The fraction of sp³-hybridized carbons (Fsp3) is 0.462. The first kappa shape index (κ1) is 27.0. The molecular formula is C26H37IN4O2. The lowest BCUT2D eigenvalue weighted by Crippen LogP contribution is -2.37. The van der Waals surface area contributed by atoms with Crippen LogP contribution in [-0.2, 0) is 13.0 Å². The molecule has 0 unspecified atom stereocenters. The van der Waals surface area contributed by atoms with E-state index in [4.69, 9.17) is 4.74 Å². The number of nitrogens with one attached hydrogen (secondary N) is 2. The summed E-state index contributed by atoms with van der Waals surface area (Å²) < 4.78 is 6.11. The Morgan fingerprint density at radius 1 is 1.03 bits per heavy atom. The van der Waals surface area contributed by atoms with E-state index in [0.717, 1.165) is 30.2 Å². The van der Waals surface area contributed by atoms with Crippen LogP contribution in [-0.4, -0.2) is 50.6 Å². The van der Waals surface area contributed by atoms with Crippen molar-refractivity contribution >= 4 is 35.8 Å². The molecule has 0 heterocycles. The minimum atomic E-state index is 0. The predicted molar refractivity (Wildman–Crippen MR) is 146 cm³/mol. The minimum absolute atomic E-state index is 0. The number of guanidine groups is 1. The summed E-state index contributed by atoms with van der Waals surface area (Å²) in [6, 6.07) is 16.1. The molecule has 1 amide bonds. The highest BCUT2D eigenvalue weighted by molar-refractivity contribution is 14.0. The van der Waals surface area contributed by atoms with Crippen LogP contribution in [0.3, 0.4) is 0 Å². The number of carbonyl (C=O) groups excluding carboxylic acids is 1. The number of aliphatic imine (C=N–C) groups is 1. The zero-order valence-corrected chi connectivity index (χ0v) is 22.3. The van der Waals surface area contributed by atoms with Crippen LogP contribution in [0.15, 0.2) is 53.5 Å². The van der Waals surface area contributed by atoms with Gasteiger partial charge in [-0.2, -0.15) is 0 Å². The maximum absolute atomic E-state index is 12.1. The van der Waals surface area contributed by atoms with Crippen molar-refractivity contribution in [2.24, 2.45) is 4.99 Å². The molecule has 2 aromatic rings. The molecule has 1 fully saturated rings. The van der Waals surface area contributed by atoms with Crippen LogP contribution >= 0.6 is 24.0 Å². The first-order valence-electron chi connectivity index (χ1n) is 11.6. The molecule has 1 aliphatic rings. The van der Waals surface area contributed by atoms with E-state index >= 15 is 0 Å². The minimum Gasteiger partial charge on any atom is -0.490 e. The van der Waals surface area contributed by atoms with Crippen molar-refractivity contribution in [2.45, 2.75) is 51.2 Å². The van der Waals surface area contributed by atoms with E-state index in [0.29, 0.717) is 18.2 Å². The number of amides is 1. The summed E-state index contributed by atoms with van der Waals surface area (Å²) in [7, 11) is 5.31. The van der Waals surface area contributed by atoms with Crippen molar-refractivity contribution in [3.63, 3.8) is 0 Å². The van der Waals surface area contributed by atoms with Gasteiger partial charge in [0.05, 0.1) is 6.10 Å². The average Bonchev–Trinajstić information content (AvgIpc) is 2.82. The number of nitrogens with zero attached hydrogens (tertiary/aromatic N) is 2. The van der Waals surface area contributed by atoms with Gasteiger partial charge in [0.15, 0.2) is 5.96 Å². The molecule has 6 nitrogen and oxygen atoms in total. The lowest BCUT2D eigenvalue weighted by atomic mass is 9.98. The third-order valence-electron chi connectivity index (χ3n) is 5.75. The Morgan fingerprint density at radius 3 is 2.42 bits per heavy atom. The molecule has 1 aliphatic carbocycles. The number of rotatable bonds is 8. The summed E-state index contributed by atoms with van der Waals surface area (Å²) in [6.07, 6.45) is 7.41. The van der Waals surface area contributed by atoms with Gasteiger partial charge in [0.1, 0.15) is 5.75 Å². The summed E-state index contributed by atoms with van der Waals surface area (Å²) in [4.78, 5) is 18.0. The van der Waals surface area contributed by atoms with E-state index < -0.39 is 0 Å². The third-order valence-corrected chi connectivity index (χ3v) is 5.75. The van der Waals surface area contributed by atoms with Gasteiger partial charge in [0.2, 0.25) is 0 Å². The van der Waals surface area contributed by atoms with Crippen LogP contribution < -0.4 is 15.4 Å². The third kappa shape index (κ3) is 8.87.